The van der Waals surface area contributed by atoms with E-state index in [1.165, 1.54) is 24.3 Å². The number of azide groups is 1. The molecule has 0 aromatic heterocycles. The summed E-state index contributed by atoms with van der Waals surface area (Å²) in [5.74, 6) is -2.26. The fraction of sp³-hybridized carbons (Fsp3) is 0.444. The van der Waals surface area contributed by atoms with Gasteiger partial charge in [-0.2, -0.15) is 0 Å². The van der Waals surface area contributed by atoms with Crippen molar-refractivity contribution in [3.05, 3.63) is 75.7 Å². The molecular weight excluding hydrogens is 524 g/mol. The summed E-state index contributed by atoms with van der Waals surface area (Å²) < 4.78 is 17.5. The predicted molar refractivity (Wildman–Crippen MR) is 138 cm³/mol. The Morgan fingerprint density at radius 2 is 1.68 bits per heavy atom. The summed E-state index contributed by atoms with van der Waals surface area (Å²) in [4.78, 5) is 43.3. The van der Waals surface area contributed by atoms with Gasteiger partial charge in [-0.1, -0.05) is 29.4 Å². The number of phenols is 1. The van der Waals surface area contributed by atoms with Gasteiger partial charge in [0.2, 0.25) is 0 Å². The molecule has 0 aliphatic carbocycles. The third-order valence-corrected chi connectivity index (χ3v) is 6.44. The lowest BCUT2D eigenvalue weighted by Gasteiger charge is -2.45. The molecular formula is C27H30N4O9. The van der Waals surface area contributed by atoms with Gasteiger partial charge in [-0.05, 0) is 56.1 Å². The molecule has 2 aromatic carbocycles. The van der Waals surface area contributed by atoms with E-state index in [0.717, 1.165) is 4.90 Å². The third-order valence-electron chi connectivity index (χ3n) is 6.44. The highest BCUT2D eigenvalue weighted by molar-refractivity contribution is 6.21. The third kappa shape index (κ3) is 6.09. The Morgan fingerprint density at radius 1 is 1.07 bits per heavy atom. The van der Waals surface area contributed by atoms with E-state index >= 15 is 0 Å². The fourth-order valence-electron chi connectivity index (χ4n) is 4.61. The van der Waals surface area contributed by atoms with Crippen LogP contribution in [0.2, 0.25) is 0 Å². The van der Waals surface area contributed by atoms with Crippen LogP contribution in [0.4, 0.5) is 0 Å². The van der Waals surface area contributed by atoms with Gasteiger partial charge < -0.3 is 29.5 Å². The van der Waals surface area contributed by atoms with Crippen LogP contribution in [0.15, 0.2) is 53.6 Å². The van der Waals surface area contributed by atoms with E-state index in [2.05, 4.69) is 10.0 Å². The zero-order valence-electron chi connectivity index (χ0n) is 22.1. The average Bonchev–Trinajstić information content (AvgIpc) is 3.15. The SMILES string of the molecule is CC(C)(C)OC(=O)C(Cc1ccc(O)cc1)O[C@@H]1O[C@H](CN=[N+]=[N-])[C@H](O)[C@H](O)[C@H]1N1C(=O)c2ccccc2C1=O. The van der Waals surface area contributed by atoms with Crippen molar-refractivity contribution in [1.29, 1.82) is 0 Å². The standard InChI is InChI=1S/C27H30N4O9/c1-27(2,3)40-25(37)18(12-14-8-10-15(32)11-9-14)38-26-20(22(34)21(33)19(39-26)13-29-30-28)31-23(35)16-6-4-5-7-17(16)24(31)36/h4-11,18-22,26,32-34H,12-13H2,1-3H3/t18?,19-,20-,21+,22-,26-/m1/s1. The van der Waals surface area contributed by atoms with E-state index in [1.54, 1.807) is 45.0 Å². The highest BCUT2D eigenvalue weighted by Crippen LogP contribution is 2.34. The molecule has 212 valence electrons. The van der Waals surface area contributed by atoms with Crippen LogP contribution in [0.25, 0.3) is 10.4 Å². The molecule has 2 heterocycles. The number of aliphatic hydroxyl groups excluding tert-OH is 2. The molecule has 0 radical (unpaired) electrons. The van der Waals surface area contributed by atoms with Gasteiger partial charge >= 0.3 is 5.97 Å². The summed E-state index contributed by atoms with van der Waals surface area (Å²) in [6.07, 6.45) is -7.80. The summed E-state index contributed by atoms with van der Waals surface area (Å²) in [6.45, 7) is 4.59. The molecule has 4 rings (SSSR count). The molecule has 1 saturated heterocycles. The molecule has 2 aromatic rings. The molecule has 13 nitrogen and oxygen atoms in total. The first kappa shape index (κ1) is 29.0. The number of benzene rings is 2. The van der Waals surface area contributed by atoms with Crippen LogP contribution in [0, 0.1) is 0 Å². The normalized spacial score (nSPS) is 25.2. The number of phenolic OH excluding ortho intramolecular Hbond substituents is 1. The minimum Gasteiger partial charge on any atom is -0.508 e. The predicted octanol–water partition coefficient (Wildman–Crippen LogP) is 2.08. The zero-order valence-corrected chi connectivity index (χ0v) is 22.1. The topological polar surface area (TPSA) is 192 Å². The number of fused-ring (bicyclic) bond motifs is 1. The molecule has 6 atom stereocenters. The number of hydrogen-bond acceptors (Lipinski definition) is 10. The molecule has 2 amide bonds. The van der Waals surface area contributed by atoms with Crippen molar-refractivity contribution < 1.29 is 43.9 Å². The highest BCUT2D eigenvalue weighted by atomic mass is 16.7. The number of aromatic hydroxyl groups is 1. The van der Waals surface area contributed by atoms with Crippen molar-refractivity contribution >= 4 is 17.8 Å². The Kier molecular flexibility index (Phi) is 8.43. The van der Waals surface area contributed by atoms with Gasteiger partial charge in [-0.25, -0.2) is 4.79 Å². The molecule has 2 aliphatic rings. The van der Waals surface area contributed by atoms with Gasteiger partial charge in [0, 0.05) is 11.3 Å². The minimum atomic E-state index is -1.78. The van der Waals surface area contributed by atoms with Gasteiger partial charge in [0.05, 0.1) is 23.8 Å². The summed E-state index contributed by atoms with van der Waals surface area (Å²) >= 11 is 0. The van der Waals surface area contributed by atoms with E-state index in [0.29, 0.717) is 5.56 Å². The highest BCUT2D eigenvalue weighted by Gasteiger charge is 2.54. The minimum absolute atomic E-state index is 0.0118. The molecule has 1 fully saturated rings. The number of ether oxygens (including phenoxy) is 3. The van der Waals surface area contributed by atoms with Crippen molar-refractivity contribution in [1.82, 2.24) is 4.90 Å². The van der Waals surface area contributed by atoms with Gasteiger partial charge in [-0.3, -0.25) is 14.5 Å². The first-order valence-electron chi connectivity index (χ1n) is 12.6. The Bertz CT molecular complexity index is 1290. The lowest BCUT2D eigenvalue weighted by Crippen LogP contribution is -2.66. The van der Waals surface area contributed by atoms with Gasteiger partial charge in [0.15, 0.2) is 12.4 Å². The average molecular weight is 555 g/mol. The molecule has 1 unspecified atom stereocenters. The first-order valence-corrected chi connectivity index (χ1v) is 12.6. The maximum absolute atomic E-state index is 13.3. The Morgan fingerprint density at radius 3 is 2.23 bits per heavy atom. The lowest BCUT2D eigenvalue weighted by atomic mass is 9.95. The molecule has 13 heteroatoms. The van der Waals surface area contributed by atoms with Crippen molar-refractivity contribution in [2.75, 3.05) is 6.54 Å². The smallest absolute Gasteiger partial charge is 0.336 e. The molecule has 0 saturated carbocycles. The van der Waals surface area contributed by atoms with Crippen LogP contribution in [0.1, 0.15) is 47.1 Å². The van der Waals surface area contributed by atoms with Crippen LogP contribution in [-0.2, 0) is 25.4 Å². The molecule has 40 heavy (non-hydrogen) atoms. The van der Waals surface area contributed by atoms with E-state index in [-0.39, 0.29) is 23.3 Å². The molecule has 0 spiro atoms. The summed E-state index contributed by atoms with van der Waals surface area (Å²) in [5.41, 5.74) is 8.64. The van der Waals surface area contributed by atoms with E-state index in [4.69, 9.17) is 19.7 Å². The Balaban J connectivity index is 1.72. The van der Waals surface area contributed by atoms with Crippen molar-refractivity contribution in [3.8, 4) is 5.75 Å². The second-order valence-electron chi connectivity index (χ2n) is 10.5. The maximum atomic E-state index is 13.3. The van der Waals surface area contributed by atoms with Crippen LogP contribution < -0.4 is 0 Å². The number of aliphatic hydroxyl groups is 2. The monoisotopic (exact) mass is 554 g/mol. The number of imide groups is 1. The quantitative estimate of drug-likeness (QED) is 0.144. The summed E-state index contributed by atoms with van der Waals surface area (Å²) in [6, 6.07) is 10.5. The van der Waals surface area contributed by atoms with Gasteiger partial charge in [-0.15, -0.1) is 0 Å². The number of amides is 2. The number of carbonyl (C=O) groups excluding carboxylic acids is 3. The number of hydrogen-bond donors (Lipinski definition) is 3. The Hall–Kier alpha value is -4.00. The van der Waals surface area contributed by atoms with Crippen LogP contribution in [-0.4, -0.2) is 86.9 Å². The largest absolute Gasteiger partial charge is 0.508 e. The van der Waals surface area contributed by atoms with Gasteiger partial charge in [0.25, 0.3) is 11.8 Å². The lowest BCUT2D eigenvalue weighted by molar-refractivity contribution is -0.284. The number of rotatable bonds is 8. The molecule has 0 bridgehead atoms. The molecule has 3 N–H and O–H groups in total. The van der Waals surface area contributed by atoms with Crippen molar-refractivity contribution in [2.24, 2.45) is 5.11 Å². The van der Waals surface area contributed by atoms with Gasteiger partial charge in [0.1, 0.15) is 29.6 Å². The number of esters is 1. The van der Waals surface area contributed by atoms with Crippen LogP contribution >= 0.6 is 0 Å². The summed E-state index contributed by atoms with van der Waals surface area (Å²) in [7, 11) is 0. The fourth-order valence-corrected chi connectivity index (χ4v) is 4.61. The Labute approximate surface area is 229 Å². The van der Waals surface area contributed by atoms with Crippen molar-refractivity contribution in [3.63, 3.8) is 0 Å². The van der Waals surface area contributed by atoms with E-state index in [9.17, 15) is 29.7 Å². The second kappa shape index (κ2) is 11.6. The second-order valence-corrected chi connectivity index (χ2v) is 10.5. The van der Waals surface area contributed by atoms with Crippen molar-refractivity contribution in [2.45, 2.75) is 69.5 Å². The van der Waals surface area contributed by atoms with E-state index < -0.39 is 66.7 Å². The first-order chi connectivity index (χ1) is 18.9. The number of carbonyl (C=O) groups is 3. The van der Waals surface area contributed by atoms with Crippen LogP contribution in [0.3, 0.4) is 0 Å². The zero-order chi connectivity index (χ0) is 29.2. The molecule has 2 aliphatic heterocycles. The maximum Gasteiger partial charge on any atom is 0.336 e. The van der Waals surface area contributed by atoms with E-state index in [1.807, 2.05) is 0 Å². The van der Waals surface area contributed by atoms with Crippen LogP contribution in [0.5, 0.6) is 5.75 Å². The summed E-state index contributed by atoms with van der Waals surface area (Å²) in [5, 5.41) is 35.0. The number of nitrogens with zero attached hydrogens (tertiary/aromatic N) is 4.